The Balaban J connectivity index is 1.90. The zero-order valence-electron chi connectivity index (χ0n) is 11.2. The quantitative estimate of drug-likeness (QED) is 0.840. The van der Waals surface area contributed by atoms with Gasteiger partial charge in [-0.15, -0.1) is 0 Å². The van der Waals surface area contributed by atoms with E-state index in [1.807, 2.05) is 13.0 Å². The Bertz CT molecular complexity index is 568. The summed E-state index contributed by atoms with van der Waals surface area (Å²) in [4.78, 5) is 15.2. The molecule has 0 bridgehead atoms. The van der Waals surface area contributed by atoms with E-state index < -0.39 is 0 Å². The number of hydrogen-bond acceptors (Lipinski definition) is 6. The highest BCUT2D eigenvalue weighted by molar-refractivity contribution is 5.42. The second kappa shape index (κ2) is 4.95. The van der Waals surface area contributed by atoms with Crippen LogP contribution >= 0.6 is 0 Å². The van der Waals surface area contributed by atoms with Crippen LogP contribution in [0.5, 0.6) is 0 Å². The number of aromatic nitrogens is 4. The van der Waals surface area contributed by atoms with Crippen LogP contribution in [0.3, 0.4) is 0 Å². The van der Waals surface area contributed by atoms with Crippen LogP contribution in [0.1, 0.15) is 43.2 Å². The Kier molecular flexibility index (Phi) is 3.15. The van der Waals surface area contributed by atoms with E-state index in [9.17, 15) is 0 Å². The van der Waals surface area contributed by atoms with E-state index in [4.69, 9.17) is 4.52 Å². The van der Waals surface area contributed by atoms with E-state index in [1.165, 1.54) is 0 Å². The zero-order valence-corrected chi connectivity index (χ0v) is 11.2. The highest BCUT2D eigenvalue weighted by atomic mass is 16.5. The Morgan fingerprint density at radius 3 is 3.05 bits per heavy atom. The monoisotopic (exact) mass is 259 g/mol. The SMILES string of the molecule is CCc1cc(N2CCC[C@@H]2c2noc(C)n2)ncn1. The van der Waals surface area contributed by atoms with E-state index in [-0.39, 0.29) is 6.04 Å². The van der Waals surface area contributed by atoms with Crippen molar-refractivity contribution in [3.8, 4) is 0 Å². The molecule has 2 aromatic rings. The molecule has 1 aliphatic rings. The Hall–Kier alpha value is -1.98. The van der Waals surface area contributed by atoms with Gasteiger partial charge in [-0.3, -0.25) is 0 Å². The highest BCUT2D eigenvalue weighted by Crippen LogP contribution is 2.33. The number of hydrogen-bond donors (Lipinski definition) is 0. The van der Waals surface area contributed by atoms with Gasteiger partial charge in [0.2, 0.25) is 5.89 Å². The van der Waals surface area contributed by atoms with Crippen LogP contribution in [0.2, 0.25) is 0 Å². The minimum atomic E-state index is 0.164. The lowest BCUT2D eigenvalue weighted by molar-refractivity contribution is 0.383. The van der Waals surface area contributed by atoms with Crippen LogP contribution in [-0.2, 0) is 6.42 Å². The molecule has 19 heavy (non-hydrogen) atoms. The third-order valence-corrected chi connectivity index (χ3v) is 3.46. The normalized spacial score (nSPS) is 19.1. The minimum Gasteiger partial charge on any atom is -0.346 e. The Morgan fingerprint density at radius 2 is 2.32 bits per heavy atom. The average molecular weight is 259 g/mol. The smallest absolute Gasteiger partial charge is 0.223 e. The number of nitrogens with zero attached hydrogens (tertiary/aromatic N) is 5. The van der Waals surface area contributed by atoms with E-state index in [2.05, 4.69) is 31.9 Å². The summed E-state index contributed by atoms with van der Waals surface area (Å²) in [6.07, 6.45) is 4.69. The number of aryl methyl sites for hydroxylation is 2. The molecule has 0 spiro atoms. The molecule has 0 aromatic carbocycles. The van der Waals surface area contributed by atoms with E-state index in [1.54, 1.807) is 6.33 Å². The predicted octanol–water partition coefficient (Wildman–Crippen LogP) is 2.07. The van der Waals surface area contributed by atoms with Gasteiger partial charge in [0.15, 0.2) is 5.82 Å². The van der Waals surface area contributed by atoms with E-state index >= 15 is 0 Å². The van der Waals surface area contributed by atoms with Crippen molar-refractivity contribution in [1.29, 1.82) is 0 Å². The van der Waals surface area contributed by atoms with Crippen LogP contribution in [-0.4, -0.2) is 26.7 Å². The Labute approximate surface area is 111 Å². The lowest BCUT2D eigenvalue weighted by Crippen LogP contribution is -2.24. The molecule has 3 heterocycles. The molecule has 1 aliphatic heterocycles. The second-order valence-electron chi connectivity index (χ2n) is 4.74. The van der Waals surface area contributed by atoms with Crippen molar-refractivity contribution in [2.24, 2.45) is 0 Å². The molecule has 0 aliphatic carbocycles. The molecule has 3 rings (SSSR count). The summed E-state index contributed by atoms with van der Waals surface area (Å²) in [5, 5.41) is 4.04. The molecule has 1 saturated heterocycles. The first-order chi connectivity index (χ1) is 9.28. The molecule has 0 N–H and O–H groups in total. The van der Waals surface area contributed by atoms with Crippen molar-refractivity contribution in [2.45, 2.75) is 39.2 Å². The molecule has 0 unspecified atom stereocenters. The first kappa shape index (κ1) is 12.1. The van der Waals surface area contributed by atoms with Gasteiger partial charge < -0.3 is 9.42 Å². The van der Waals surface area contributed by atoms with Crippen molar-refractivity contribution in [1.82, 2.24) is 20.1 Å². The first-order valence-electron chi connectivity index (χ1n) is 6.65. The summed E-state index contributed by atoms with van der Waals surface area (Å²) in [6, 6.07) is 2.21. The Morgan fingerprint density at radius 1 is 1.42 bits per heavy atom. The predicted molar refractivity (Wildman–Crippen MR) is 69.8 cm³/mol. The molecule has 0 saturated carbocycles. The maximum absolute atomic E-state index is 5.09. The fourth-order valence-electron chi connectivity index (χ4n) is 2.50. The average Bonchev–Trinajstić information content (AvgIpc) is 3.07. The van der Waals surface area contributed by atoms with Crippen molar-refractivity contribution < 1.29 is 4.52 Å². The van der Waals surface area contributed by atoms with Gasteiger partial charge in [0.05, 0.1) is 6.04 Å². The van der Waals surface area contributed by atoms with Gasteiger partial charge >= 0.3 is 0 Å². The summed E-state index contributed by atoms with van der Waals surface area (Å²) in [7, 11) is 0. The fourth-order valence-corrected chi connectivity index (χ4v) is 2.50. The molecular weight excluding hydrogens is 242 g/mol. The topological polar surface area (TPSA) is 67.9 Å². The lowest BCUT2D eigenvalue weighted by Gasteiger charge is -2.23. The van der Waals surface area contributed by atoms with Crippen molar-refractivity contribution in [3.63, 3.8) is 0 Å². The van der Waals surface area contributed by atoms with Crippen LogP contribution in [0, 0.1) is 6.92 Å². The maximum atomic E-state index is 5.09. The summed E-state index contributed by atoms with van der Waals surface area (Å²) >= 11 is 0. The molecule has 6 nitrogen and oxygen atoms in total. The van der Waals surface area contributed by atoms with Crippen LogP contribution < -0.4 is 4.90 Å². The van der Waals surface area contributed by atoms with Crippen molar-refractivity contribution in [2.75, 3.05) is 11.4 Å². The van der Waals surface area contributed by atoms with Gasteiger partial charge in [-0.1, -0.05) is 12.1 Å². The van der Waals surface area contributed by atoms with E-state index in [0.29, 0.717) is 5.89 Å². The van der Waals surface area contributed by atoms with Crippen molar-refractivity contribution >= 4 is 5.82 Å². The summed E-state index contributed by atoms with van der Waals surface area (Å²) < 4.78 is 5.09. The number of rotatable bonds is 3. The maximum Gasteiger partial charge on any atom is 0.223 e. The third-order valence-electron chi connectivity index (χ3n) is 3.46. The molecular formula is C13H17N5O. The van der Waals surface area contributed by atoms with Gasteiger partial charge in [0.1, 0.15) is 12.1 Å². The molecule has 100 valence electrons. The van der Waals surface area contributed by atoms with Gasteiger partial charge in [-0.25, -0.2) is 9.97 Å². The molecule has 1 fully saturated rings. The largest absolute Gasteiger partial charge is 0.346 e. The molecule has 0 amide bonds. The molecule has 1 atom stereocenters. The summed E-state index contributed by atoms with van der Waals surface area (Å²) in [5.74, 6) is 2.32. The summed E-state index contributed by atoms with van der Waals surface area (Å²) in [5.41, 5.74) is 1.06. The molecule has 2 aromatic heterocycles. The van der Waals surface area contributed by atoms with Gasteiger partial charge in [0.25, 0.3) is 0 Å². The highest BCUT2D eigenvalue weighted by Gasteiger charge is 2.30. The summed E-state index contributed by atoms with van der Waals surface area (Å²) in [6.45, 7) is 4.88. The lowest BCUT2D eigenvalue weighted by atomic mass is 10.2. The molecule has 6 heteroatoms. The minimum absolute atomic E-state index is 0.164. The third kappa shape index (κ3) is 2.30. The van der Waals surface area contributed by atoms with Gasteiger partial charge in [0, 0.05) is 25.2 Å². The van der Waals surface area contributed by atoms with E-state index in [0.717, 1.165) is 43.1 Å². The van der Waals surface area contributed by atoms with Gasteiger partial charge in [-0.05, 0) is 19.3 Å². The number of anilines is 1. The van der Waals surface area contributed by atoms with Crippen LogP contribution in [0.15, 0.2) is 16.9 Å². The van der Waals surface area contributed by atoms with Crippen LogP contribution in [0.25, 0.3) is 0 Å². The standard InChI is InChI=1S/C13H17N5O/c1-3-10-7-12(15-8-14-10)18-6-4-5-11(18)13-16-9(2)19-17-13/h7-8,11H,3-6H2,1-2H3/t11-/m1/s1. The van der Waals surface area contributed by atoms with Gasteiger partial charge in [-0.2, -0.15) is 4.98 Å². The van der Waals surface area contributed by atoms with Crippen LogP contribution in [0.4, 0.5) is 5.82 Å². The first-order valence-corrected chi connectivity index (χ1v) is 6.65. The van der Waals surface area contributed by atoms with Crippen molar-refractivity contribution in [3.05, 3.63) is 29.8 Å². The fraction of sp³-hybridized carbons (Fsp3) is 0.538. The second-order valence-corrected chi connectivity index (χ2v) is 4.74. The molecule has 0 radical (unpaired) electrons. The zero-order chi connectivity index (χ0) is 13.2.